The summed E-state index contributed by atoms with van der Waals surface area (Å²) in [6.07, 6.45) is 1.01. The molecule has 0 fully saturated rings. The van der Waals surface area contributed by atoms with Crippen LogP contribution in [0.25, 0.3) is 0 Å². The third-order valence-corrected chi connectivity index (χ3v) is 4.25. The number of nitrogens with zero attached hydrogens (tertiary/aromatic N) is 1. The molecular formula is C11H16N2O6S. The smallest absolute Gasteiger partial charge is 0.308 e. The highest BCUT2D eigenvalue weighted by atomic mass is 32.2. The lowest BCUT2D eigenvalue weighted by atomic mass is 10.2. The van der Waals surface area contributed by atoms with Gasteiger partial charge in [-0.2, -0.15) is 0 Å². The minimum absolute atomic E-state index is 0.0167. The molecule has 0 aliphatic rings. The van der Waals surface area contributed by atoms with Crippen LogP contribution in [-0.2, 0) is 14.8 Å². The number of carbonyl (C=O) groups excluding carboxylic acids is 1. The Balaban J connectivity index is 2.78. The Labute approximate surface area is 116 Å². The zero-order chi connectivity index (χ0) is 15.5. The van der Waals surface area contributed by atoms with E-state index in [1.54, 1.807) is 0 Å². The zero-order valence-electron chi connectivity index (χ0n) is 11.3. The average molecular weight is 304 g/mol. The summed E-state index contributed by atoms with van der Waals surface area (Å²) in [5.74, 6) is -2.37. The number of carboxylic acids is 1. The van der Waals surface area contributed by atoms with Gasteiger partial charge in [0.1, 0.15) is 6.26 Å². The second kappa shape index (κ2) is 6.06. The van der Waals surface area contributed by atoms with Crippen molar-refractivity contribution in [2.45, 2.75) is 12.0 Å². The number of hydrogen-bond acceptors (Lipinski definition) is 5. The number of carbonyl (C=O) groups is 2. The Morgan fingerprint density at radius 2 is 2.05 bits per heavy atom. The first-order valence-corrected chi connectivity index (χ1v) is 7.12. The van der Waals surface area contributed by atoms with E-state index in [9.17, 15) is 18.0 Å². The van der Waals surface area contributed by atoms with Gasteiger partial charge in [0.15, 0.2) is 0 Å². The zero-order valence-corrected chi connectivity index (χ0v) is 12.1. The third kappa shape index (κ3) is 3.58. The van der Waals surface area contributed by atoms with Crippen molar-refractivity contribution in [3.63, 3.8) is 0 Å². The van der Waals surface area contributed by atoms with Gasteiger partial charge >= 0.3 is 5.97 Å². The van der Waals surface area contributed by atoms with Crippen LogP contribution in [0.5, 0.6) is 0 Å². The molecule has 1 heterocycles. The lowest BCUT2D eigenvalue weighted by Gasteiger charge is -2.07. The first kappa shape index (κ1) is 16.2. The number of nitrogens with one attached hydrogen (secondary N) is 1. The molecule has 9 heteroatoms. The van der Waals surface area contributed by atoms with E-state index in [0.717, 1.165) is 16.6 Å². The van der Waals surface area contributed by atoms with E-state index in [1.807, 2.05) is 0 Å². The standard InChI is InChI=1S/C11H16N2O6S/c1-7(11(15)16)5-12-10(14)8-4-9(19-6-8)20(17,18)13(2)3/h4,6-7H,5H2,1-3H3,(H,12,14)(H,15,16). The maximum absolute atomic E-state index is 11.7. The highest BCUT2D eigenvalue weighted by Crippen LogP contribution is 2.16. The van der Waals surface area contributed by atoms with Crippen LogP contribution in [0, 0.1) is 5.92 Å². The van der Waals surface area contributed by atoms with E-state index in [1.165, 1.54) is 21.0 Å². The lowest BCUT2D eigenvalue weighted by Crippen LogP contribution is -2.31. The summed E-state index contributed by atoms with van der Waals surface area (Å²) in [6, 6.07) is 1.09. The Morgan fingerprint density at radius 3 is 2.55 bits per heavy atom. The molecule has 8 nitrogen and oxygen atoms in total. The van der Waals surface area contributed by atoms with Gasteiger partial charge in [-0.3, -0.25) is 9.59 Å². The molecule has 1 amide bonds. The van der Waals surface area contributed by atoms with Crippen molar-refractivity contribution in [1.82, 2.24) is 9.62 Å². The molecule has 1 rings (SSSR count). The highest BCUT2D eigenvalue weighted by molar-refractivity contribution is 7.88. The second-order valence-electron chi connectivity index (χ2n) is 4.39. The molecule has 0 aliphatic heterocycles. The Bertz CT molecular complexity index is 604. The first-order chi connectivity index (χ1) is 9.16. The van der Waals surface area contributed by atoms with E-state index in [0.29, 0.717) is 0 Å². The van der Waals surface area contributed by atoms with E-state index >= 15 is 0 Å². The number of amides is 1. The molecule has 0 aliphatic carbocycles. The predicted octanol–water partition coefficient (Wildman–Crippen LogP) is -0.0196. The Kier molecular flexibility index (Phi) is 4.90. The topological polar surface area (TPSA) is 117 Å². The van der Waals surface area contributed by atoms with Gasteiger partial charge in [-0.1, -0.05) is 6.92 Å². The van der Waals surface area contributed by atoms with E-state index < -0.39 is 27.8 Å². The number of sulfonamides is 1. The normalized spacial score (nSPS) is 13.2. The minimum Gasteiger partial charge on any atom is -0.481 e. The molecule has 0 saturated carbocycles. The van der Waals surface area contributed by atoms with Gasteiger partial charge in [-0.15, -0.1) is 0 Å². The third-order valence-electron chi connectivity index (χ3n) is 2.56. The number of aliphatic carboxylic acids is 1. The fourth-order valence-electron chi connectivity index (χ4n) is 1.19. The van der Waals surface area contributed by atoms with Crippen molar-refractivity contribution in [3.8, 4) is 0 Å². The van der Waals surface area contributed by atoms with Gasteiger partial charge < -0.3 is 14.8 Å². The van der Waals surface area contributed by atoms with Crippen LogP contribution >= 0.6 is 0 Å². The maximum Gasteiger partial charge on any atom is 0.308 e. The Hall–Kier alpha value is -1.87. The highest BCUT2D eigenvalue weighted by Gasteiger charge is 2.23. The molecule has 112 valence electrons. The molecule has 2 N–H and O–H groups in total. The molecule has 1 aromatic rings. The monoisotopic (exact) mass is 304 g/mol. The summed E-state index contributed by atoms with van der Waals surface area (Å²) in [6.45, 7) is 1.38. The van der Waals surface area contributed by atoms with E-state index in [-0.39, 0.29) is 17.2 Å². The largest absolute Gasteiger partial charge is 0.481 e. The summed E-state index contributed by atoms with van der Waals surface area (Å²) in [5, 5.41) is 10.7. The Morgan fingerprint density at radius 1 is 1.45 bits per heavy atom. The molecular weight excluding hydrogens is 288 g/mol. The van der Waals surface area contributed by atoms with Crippen molar-refractivity contribution < 1.29 is 27.5 Å². The molecule has 0 aromatic carbocycles. The van der Waals surface area contributed by atoms with Gasteiger partial charge in [-0.05, 0) is 0 Å². The average Bonchev–Trinajstić information content (AvgIpc) is 2.85. The van der Waals surface area contributed by atoms with Crippen molar-refractivity contribution in [1.29, 1.82) is 0 Å². The summed E-state index contributed by atoms with van der Waals surface area (Å²) in [5.41, 5.74) is 0.0167. The number of furan rings is 1. The number of rotatable bonds is 6. The molecule has 0 radical (unpaired) electrons. The molecule has 0 bridgehead atoms. The van der Waals surface area contributed by atoms with Gasteiger partial charge in [0, 0.05) is 26.7 Å². The van der Waals surface area contributed by atoms with Crippen molar-refractivity contribution in [2.24, 2.45) is 5.92 Å². The van der Waals surface area contributed by atoms with Crippen LogP contribution in [0.2, 0.25) is 0 Å². The predicted molar refractivity (Wildman–Crippen MR) is 68.7 cm³/mol. The van der Waals surface area contributed by atoms with Gasteiger partial charge in [-0.25, -0.2) is 12.7 Å². The number of hydrogen-bond donors (Lipinski definition) is 2. The van der Waals surface area contributed by atoms with Crippen LogP contribution in [0.4, 0.5) is 0 Å². The van der Waals surface area contributed by atoms with Crippen LogP contribution < -0.4 is 5.32 Å². The van der Waals surface area contributed by atoms with Crippen molar-refractivity contribution >= 4 is 21.9 Å². The molecule has 1 atom stereocenters. The molecule has 0 saturated heterocycles. The molecule has 20 heavy (non-hydrogen) atoms. The molecule has 0 spiro atoms. The van der Waals surface area contributed by atoms with Crippen LogP contribution in [0.15, 0.2) is 21.8 Å². The fourth-order valence-corrected chi connectivity index (χ4v) is 1.99. The maximum atomic E-state index is 11.7. The van der Waals surface area contributed by atoms with Crippen molar-refractivity contribution in [2.75, 3.05) is 20.6 Å². The first-order valence-electron chi connectivity index (χ1n) is 5.68. The van der Waals surface area contributed by atoms with E-state index in [4.69, 9.17) is 9.52 Å². The van der Waals surface area contributed by atoms with Gasteiger partial charge in [0.05, 0.1) is 11.5 Å². The van der Waals surface area contributed by atoms with E-state index in [2.05, 4.69) is 5.32 Å². The van der Waals surface area contributed by atoms with Gasteiger partial charge in [0.25, 0.3) is 15.9 Å². The van der Waals surface area contributed by atoms with Crippen molar-refractivity contribution in [3.05, 3.63) is 17.9 Å². The second-order valence-corrected chi connectivity index (χ2v) is 6.47. The fraction of sp³-hybridized carbons (Fsp3) is 0.455. The van der Waals surface area contributed by atoms with Crippen LogP contribution in [0.1, 0.15) is 17.3 Å². The quantitative estimate of drug-likeness (QED) is 0.763. The minimum atomic E-state index is -3.74. The summed E-state index contributed by atoms with van der Waals surface area (Å²) in [4.78, 5) is 22.3. The summed E-state index contributed by atoms with van der Waals surface area (Å²) < 4.78 is 29.3. The van der Waals surface area contributed by atoms with Crippen LogP contribution in [0.3, 0.4) is 0 Å². The summed E-state index contributed by atoms with van der Waals surface area (Å²) >= 11 is 0. The molecule has 1 aromatic heterocycles. The lowest BCUT2D eigenvalue weighted by molar-refractivity contribution is -0.140. The summed E-state index contributed by atoms with van der Waals surface area (Å²) in [7, 11) is -1.06. The van der Waals surface area contributed by atoms with Gasteiger partial charge in [0.2, 0.25) is 5.09 Å². The SMILES string of the molecule is CC(CNC(=O)c1coc(S(=O)(=O)N(C)C)c1)C(=O)O. The van der Waals surface area contributed by atoms with Crippen LogP contribution in [-0.4, -0.2) is 50.3 Å². The number of carboxylic acid groups (broad SMARTS) is 1. The molecule has 1 unspecified atom stereocenters.